The van der Waals surface area contributed by atoms with Crippen LogP contribution in [0.3, 0.4) is 0 Å². The van der Waals surface area contributed by atoms with Gasteiger partial charge in [0.1, 0.15) is 11.4 Å². The Kier molecular flexibility index (Phi) is 6.07. The summed E-state index contributed by atoms with van der Waals surface area (Å²) in [5.41, 5.74) is 9.35. The van der Waals surface area contributed by atoms with E-state index in [1.54, 1.807) is 39.1 Å². The predicted molar refractivity (Wildman–Crippen MR) is 99.2 cm³/mol. The number of anilines is 1. The lowest BCUT2D eigenvalue weighted by Gasteiger charge is -2.20. The molecule has 0 saturated carbocycles. The monoisotopic (exact) mass is 402 g/mol. The highest BCUT2D eigenvalue weighted by Crippen LogP contribution is 2.23. The number of halogens is 1. The molecule has 0 saturated heterocycles. The molecule has 0 aliphatic rings. The van der Waals surface area contributed by atoms with Crippen molar-refractivity contribution in [3.63, 3.8) is 0 Å². The van der Waals surface area contributed by atoms with Crippen LogP contribution >= 0.6 is 15.9 Å². The molecule has 2 rings (SSSR count). The van der Waals surface area contributed by atoms with Crippen LogP contribution in [0.5, 0.6) is 0 Å². The van der Waals surface area contributed by atoms with Crippen molar-refractivity contribution >= 4 is 33.4 Å². The van der Waals surface area contributed by atoms with Gasteiger partial charge in [-0.25, -0.2) is 9.78 Å². The molecule has 0 fully saturated rings. The second-order valence-corrected chi connectivity index (χ2v) is 7.25. The van der Waals surface area contributed by atoms with Crippen molar-refractivity contribution < 1.29 is 14.3 Å². The van der Waals surface area contributed by atoms with E-state index in [9.17, 15) is 10.3 Å². The Labute approximate surface area is 155 Å². The van der Waals surface area contributed by atoms with Gasteiger partial charge in [0, 0.05) is 10.7 Å². The van der Waals surface area contributed by atoms with E-state index in [0.29, 0.717) is 5.82 Å². The first-order valence-corrected chi connectivity index (χ1v) is 8.48. The summed E-state index contributed by atoms with van der Waals surface area (Å²) in [6.07, 6.45) is 1.63. The van der Waals surface area contributed by atoms with Crippen molar-refractivity contribution in [1.29, 1.82) is 0 Å². The van der Waals surface area contributed by atoms with E-state index in [1.165, 1.54) is 0 Å². The Bertz CT molecular complexity index is 779. The molecule has 25 heavy (non-hydrogen) atoms. The molecule has 0 radical (unpaired) electrons. The first-order valence-electron chi connectivity index (χ1n) is 7.68. The minimum Gasteiger partial charge on any atom is -0.451 e. The molecular weight excluding hydrogens is 384 g/mol. The maximum atomic E-state index is 12.5. The minimum atomic E-state index is -0.720. The zero-order chi connectivity index (χ0) is 18.4. The number of pyridine rings is 1. The topological polar surface area (TPSA) is 87.6 Å². The van der Waals surface area contributed by atoms with Crippen molar-refractivity contribution in [3.8, 4) is 0 Å². The summed E-state index contributed by atoms with van der Waals surface area (Å²) in [7, 11) is 0. The second kappa shape index (κ2) is 8.05. The van der Waals surface area contributed by atoms with E-state index in [1.807, 2.05) is 30.3 Å². The fraction of sp³-hybridized carbons (Fsp3) is 0.278. The summed E-state index contributed by atoms with van der Waals surface area (Å²) in [6.45, 7) is 5.25. The lowest BCUT2D eigenvalue weighted by molar-refractivity contribution is -0.151. The second-order valence-electron chi connectivity index (χ2n) is 6.33. The number of esters is 1. The highest BCUT2D eigenvalue weighted by atomic mass is 79.9. The fourth-order valence-electron chi connectivity index (χ4n) is 2.11. The van der Waals surface area contributed by atoms with Crippen LogP contribution < -0.4 is 5.32 Å². The summed E-state index contributed by atoms with van der Waals surface area (Å²) in [5.74, 6) is -0.161. The first-order chi connectivity index (χ1) is 11.8. The van der Waals surface area contributed by atoms with Crippen molar-refractivity contribution in [2.45, 2.75) is 32.4 Å². The maximum absolute atomic E-state index is 12.5. The molecule has 0 aliphatic heterocycles. The van der Waals surface area contributed by atoms with Crippen LogP contribution in [-0.4, -0.2) is 27.1 Å². The van der Waals surface area contributed by atoms with E-state index in [4.69, 9.17) is 4.74 Å². The maximum Gasteiger partial charge on any atom is 0.420 e. The molecular formula is C18H19BrN4O2. The fourth-order valence-corrected chi connectivity index (χ4v) is 2.37. The highest BCUT2D eigenvalue weighted by Gasteiger charge is 2.36. The lowest BCUT2D eigenvalue weighted by atomic mass is 10.0. The number of nitrogens with zero attached hydrogens (tertiary/aromatic N) is 3. The van der Waals surface area contributed by atoms with Crippen molar-refractivity contribution in [2.24, 2.45) is 0 Å². The summed E-state index contributed by atoms with van der Waals surface area (Å²) in [6, 6.07) is 12.0. The molecule has 1 aromatic heterocycles. The predicted octanol–water partition coefficient (Wildman–Crippen LogP) is 4.01. The van der Waals surface area contributed by atoms with Crippen LogP contribution in [0.1, 0.15) is 32.4 Å². The lowest BCUT2D eigenvalue weighted by Crippen LogP contribution is -2.35. The number of carbonyl (C=O) groups excluding carboxylic acids is 1. The van der Waals surface area contributed by atoms with Gasteiger partial charge in [0.2, 0.25) is 0 Å². The van der Waals surface area contributed by atoms with E-state index < -0.39 is 17.6 Å². The molecule has 0 amide bonds. The van der Waals surface area contributed by atoms with Crippen molar-refractivity contribution in [3.05, 3.63) is 64.2 Å². The molecule has 2 aromatic rings. The zero-order valence-electron chi connectivity index (χ0n) is 14.2. The van der Waals surface area contributed by atoms with Crippen LogP contribution in [0.2, 0.25) is 0 Å². The number of ether oxygens (including phenoxy) is 1. The van der Waals surface area contributed by atoms with Gasteiger partial charge >= 0.3 is 11.7 Å². The highest BCUT2D eigenvalue weighted by molar-refractivity contribution is 9.10. The number of hydrogen-bond donors (Lipinski definition) is 1. The molecule has 1 unspecified atom stereocenters. The first kappa shape index (κ1) is 18.8. The number of rotatable bonds is 5. The Hall–Kier alpha value is -2.50. The van der Waals surface area contributed by atoms with Gasteiger partial charge in [-0.1, -0.05) is 34.1 Å². The van der Waals surface area contributed by atoms with Crippen LogP contribution in [0.25, 0.3) is 5.53 Å². The van der Waals surface area contributed by atoms with Gasteiger partial charge < -0.3 is 15.6 Å². The third-order valence-electron chi connectivity index (χ3n) is 3.15. The SMILES string of the molecule is CC(C)(C)OC(=O)C(=[N+]=[N-])C(Nc1ccccn1)c1ccc(Br)cc1. The standard InChI is InChI=1S/C18H19BrN4O2/c1-18(2,3)25-17(24)16(23-20)15(12-7-9-13(19)10-8-12)22-14-6-4-5-11-21-14/h4-11,15H,1-3H3,(H,21,22). The number of aromatic nitrogens is 1. The zero-order valence-corrected chi connectivity index (χ0v) is 15.8. The van der Waals surface area contributed by atoms with E-state index in [0.717, 1.165) is 10.0 Å². The molecule has 0 aliphatic carbocycles. The average Bonchev–Trinajstić information content (AvgIpc) is 2.55. The number of benzene rings is 1. The third kappa shape index (κ3) is 5.52. The van der Waals surface area contributed by atoms with Gasteiger partial charge in [0.15, 0.2) is 6.04 Å². The smallest absolute Gasteiger partial charge is 0.420 e. The molecule has 1 heterocycles. The average molecular weight is 403 g/mol. The van der Waals surface area contributed by atoms with Crippen LogP contribution in [0.15, 0.2) is 53.1 Å². The Morgan fingerprint density at radius 3 is 2.44 bits per heavy atom. The molecule has 1 N–H and O–H groups in total. The van der Waals surface area contributed by atoms with Gasteiger partial charge in [-0.15, -0.1) is 0 Å². The van der Waals surface area contributed by atoms with Gasteiger partial charge in [-0.05, 0) is 50.6 Å². The third-order valence-corrected chi connectivity index (χ3v) is 3.68. The molecule has 0 bridgehead atoms. The van der Waals surface area contributed by atoms with Crippen LogP contribution in [-0.2, 0) is 9.53 Å². The molecule has 130 valence electrons. The molecule has 1 aromatic carbocycles. The van der Waals surface area contributed by atoms with Gasteiger partial charge in [-0.3, -0.25) is 0 Å². The van der Waals surface area contributed by atoms with Crippen molar-refractivity contribution in [2.75, 3.05) is 5.32 Å². The Morgan fingerprint density at radius 2 is 1.92 bits per heavy atom. The molecule has 1 atom stereocenters. The summed E-state index contributed by atoms with van der Waals surface area (Å²) in [4.78, 5) is 19.9. The van der Waals surface area contributed by atoms with Gasteiger partial charge in [0.25, 0.3) is 0 Å². The van der Waals surface area contributed by atoms with Gasteiger partial charge in [-0.2, -0.15) is 4.79 Å². The summed E-state index contributed by atoms with van der Waals surface area (Å²) in [5, 5.41) is 3.11. The Morgan fingerprint density at radius 1 is 1.24 bits per heavy atom. The minimum absolute atomic E-state index is 0.150. The normalized spacial score (nSPS) is 12.0. The van der Waals surface area contributed by atoms with E-state index in [-0.39, 0.29) is 5.71 Å². The molecule has 6 nitrogen and oxygen atoms in total. The number of nitrogens with one attached hydrogen (secondary N) is 1. The van der Waals surface area contributed by atoms with E-state index in [2.05, 4.69) is 31.0 Å². The quantitative estimate of drug-likeness (QED) is 0.354. The van der Waals surface area contributed by atoms with Gasteiger partial charge in [0.05, 0.1) is 0 Å². The van der Waals surface area contributed by atoms with Crippen LogP contribution in [0, 0.1) is 0 Å². The molecule has 0 spiro atoms. The summed E-state index contributed by atoms with van der Waals surface area (Å²) >= 11 is 3.38. The number of hydrogen-bond acceptors (Lipinski definition) is 4. The van der Waals surface area contributed by atoms with E-state index >= 15 is 0 Å². The van der Waals surface area contributed by atoms with Crippen molar-refractivity contribution in [1.82, 2.24) is 4.98 Å². The Balaban J connectivity index is 2.40. The number of carbonyl (C=O) groups is 1. The molecule has 7 heteroatoms. The largest absolute Gasteiger partial charge is 0.451 e. The van der Waals surface area contributed by atoms with Crippen LogP contribution in [0.4, 0.5) is 5.82 Å². The summed E-state index contributed by atoms with van der Waals surface area (Å²) < 4.78 is 6.25.